The molecule has 0 N–H and O–H groups in total. The Morgan fingerprint density at radius 2 is 1.67 bits per heavy atom. The van der Waals surface area contributed by atoms with E-state index in [2.05, 4.69) is 3.02 Å². The van der Waals surface area contributed by atoms with Crippen LogP contribution in [-0.4, -0.2) is 41.8 Å². The number of hydrogen-bond acceptors (Lipinski definition) is 2. The van der Waals surface area contributed by atoms with Crippen LogP contribution in [0.1, 0.15) is 6.92 Å². The van der Waals surface area contributed by atoms with Crippen LogP contribution < -0.4 is 5.11 Å². The van der Waals surface area contributed by atoms with Crippen LogP contribution in [0.3, 0.4) is 0 Å². The number of carboxylic acid groups (broad SMARTS) is 1. The van der Waals surface area contributed by atoms with Gasteiger partial charge in [-0.2, -0.15) is 0 Å². The van der Waals surface area contributed by atoms with Crippen molar-refractivity contribution in [3.63, 3.8) is 0 Å². The van der Waals surface area contributed by atoms with Crippen LogP contribution in [0.4, 0.5) is 0 Å². The Hall–Kier alpha value is 0.730. The van der Waals surface area contributed by atoms with Crippen molar-refractivity contribution in [3.05, 3.63) is 0 Å². The zero-order valence-corrected chi connectivity index (χ0v) is 6.23. The van der Waals surface area contributed by atoms with Gasteiger partial charge in [-0.3, -0.25) is 0 Å². The second-order valence-electron chi connectivity index (χ2n) is 0.492. The molecule has 0 aliphatic rings. The molecule has 0 aromatic rings. The average Bonchev–Trinajstić information content (AvgIpc) is 1.41. The van der Waals surface area contributed by atoms with E-state index in [9.17, 15) is 0 Å². The minimum atomic E-state index is -1.08. The Morgan fingerprint density at radius 3 is 1.67 bits per heavy atom. The summed E-state index contributed by atoms with van der Waals surface area (Å²) >= 11 is 1.38. The van der Waals surface area contributed by atoms with E-state index in [-0.39, 0.29) is 0 Å². The molecule has 0 saturated carbocycles. The number of aliphatic carboxylic acids is 1. The predicted octanol–water partition coefficient (Wildman–Crippen LogP) is -1.04. The van der Waals surface area contributed by atoms with E-state index in [0.717, 1.165) is 6.92 Å². The molecule has 0 aliphatic carbocycles. The van der Waals surface area contributed by atoms with Gasteiger partial charge in [0.15, 0.2) is 0 Å². The molecule has 0 aromatic carbocycles. The maximum absolute atomic E-state index is 8.89. The van der Waals surface area contributed by atoms with Gasteiger partial charge in [0.1, 0.15) is 0 Å². The van der Waals surface area contributed by atoms with Gasteiger partial charge in [0.25, 0.3) is 0 Å². The predicted molar refractivity (Wildman–Crippen MR) is 22.3 cm³/mol. The van der Waals surface area contributed by atoms with E-state index in [1.807, 2.05) is 0 Å². The topological polar surface area (TPSA) is 40.1 Å². The van der Waals surface area contributed by atoms with E-state index < -0.39 is 5.97 Å². The summed E-state index contributed by atoms with van der Waals surface area (Å²) in [7, 11) is 0. The summed E-state index contributed by atoms with van der Waals surface area (Å²) in [4.78, 5) is 8.89. The summed E-state index contributed by atoms with van der Waals surface area (Å²) in [6.07, 6.45) is 0. The van der Waals surface area contributed by atoms with E-state index in [0.29, 0.717) is 0 Å². The number of carbonyl (C=O) groups is 1. The van der Waals surface area contributed by atoms with Crippen molar-refractivity contribution in [1.82, 2.24) is 0 Å². The molecule has 0 unspecified atom stereocenters. The van der Waals surface area contributed by atoms with Gasteiger partial charge in [0.05, 0.1) is 0 Å². The number of rotatable bonds is 0. The van der Waals surface area contributed by atoms with E-state index in [4.69, 9.17) is 9.90 Å². The SMILES string of the molecule is CC(=O)[O-].[CH3][Ca+]. The Bertz CT molecular complexity index is 31.8. The molecule has 0 amide bonds. The Balaban J connectivity index is 0. The quantitative estimate of drug-likeness (QED) is 0.377. The Kier molecular flexibility index (Phi) is 15.2. The van der Waals surface area contributed by atoms with E-state index in [1.165, 1.54) is 35.8 Å². The van der Waals surface area contributed by atoms with Gasteiger partial charge in [0, 0.05) is 5.97 Å². The third kappa shape index (κ3) is 124. The summed E-state index contributed by atoms with van der Waals surface area (Å²) in [5, 5.41) is 8.89. The third-order valence-corrected chi connectivity index (χ3v) is 0. The third-order valence-electron chi connectivity index (χ3n) is 0. The van der Waals surface area contributed by atoms with Crippen molar-refractivity contribution in [2.75, 3.05) is 0 Å². The van der Waals surface area contributed by atoms with Crippen LogP contribution in [0, 0.1) is 0 Å². The molecule has 0 fully saturated rings. The van der Waals surface area contributed by atoms with Gasteiger partial charge in [-0.15, -0.1) is 0 Å². The van der Waals surface area contributed by atoms with Gasteiger partial charge < -0.3 is 9.90 Å². The summed E-state index contributed by atoms with van der Waals surface area (Å²) in [6.45, 7) is 0.972. The van der Waals surface area contributed by atoms with Crippen LogP contribution in [0.25, 0.3) is 0 Å². The molecule has 0 rings (SSSR count). The van der Waals surface area contributed by atoms with Gasteiger partial charge in [-0.25, -0.2) is 0 Å². The van der Waals surface area contributed by atoms with Crippen LogP contribution in [0.5, 0.6) is 0 Å². The fourth-order valence-corrected chi connectivity index (χ4v) is 0. The first-order chi connectivity index (χ1) is 2.73. The Labute approximate surface area is 61.2 Å². The van der Waals surface area contributed by atoms with Crippen molar-refractivity contribution in [3.8, 4) is 0 Å². The van der Waals surface area contributed by atoms with E-state index >= 15 is 0 Å². The fraction of sp³-hybridized carbons (Fsp3) is 0.667. The van der Waals surface area contributed by atoms with Crippen molar-refractivity contribution < 1.29 is 9.90 Å². The van der Waals surface area contributed by atoms with E-state index in [1.54, 1.807) is 0 Å². The molecule has 0 radical (unpaired) electrons. The summed E-state index contributed by atoms with van der Waals surface area (Å²) in [5.74, 6) is -1.08. The first kappa shape index (κ1) is 9.88. The molecule has 0 saturated heterocycles. The number of carbonyl (C=O) groups excluding carboxylic acids is 1. The summed E-state index contributed by atoms with van der Waals surface area (Å²) in [5.41, 5.74) is 0. The maximum atomic E-state index is 8.89. The second-order valence-corrected chi connectivity index (χ2v) is 0.492. The monoisotopic (exact) mass is 114 g/mol. The van der Waals surface area contributed by atoms with Gasteiger partial charge in [-0.1, -0.05) is 0 Å². The minimum absolute atomic E-state index is 0.972. The van der Waals surface area contributed by atoms with Crippen LogP contribution in [0.15, 0.2) is 0 Å². The van der Waals surface area contributed by atoms with Gasteiger partial charge >= 0.3 is 38.8 Å². The van der Waals surface area contributed by atoms with Crippen molar-refractivity contribution in [2.45, 2.75) is 9.94 Å². The zero-order chi connectivity index (χ0) is 5.58. The van der Waals surface area contributed by atoms with Crippen molar-refractivity contribution in [2.24, 2.45) is 0 Å². The molecule has 32 valence electrons. The molecule has 3 heteroatoms. The summed E-state index contributed by atoms with van der Waals surface area (Å²) in [6, 6.07) is 0. The molecular formula is C3H6CaO2. The number of hydrogen-bond donors (Lipinski definition) is 0. The molecule has 0 spiro atoms. The fourth-order valence-electron chi connectivity index (χ4n) is 0. The average molecular weight is 114 g/mol. The van der Waals surface area contributed by atoms with Crippen LogP contribution >= 0.6 is 0 Å². The molecule has 0 heterocycles. The molecule has 0 bridgehead atoms. The first-order valence-corrected chi connectivity index (χ1v) is 3.82. The standard InChI is InChI=1S/C2H4O2.CH3.Ca/c1-2(3)4;;/h1H3,(H,3,4);1H3;/q;;+1/p-1. The Morgan fingerprint density at radius 1 is 1.67 bits per heavy atom. The van der Waals surface area contributed by atoms with Crippen molar-refractivity contribution >= 4 is 41.8 Å². The summed E-state index contributed by atoms with van der Waals surface area (Å²) < 4.78 is 2.12. The molecule has 6 heavy (non-hydrogen) atoms. The second kappa shape index (κ2) is 9.21. The molecule has 0 aliphatic heterocycles. The van der Waals surface area contributed by atoms with Crippen LogP contribution in [-0.2, 0) is 4.79 Å². The normalized spacial score (nSPS) is 5.33. The number of carboxylic acids is 1. The van der Waals surface area contributed by atoms with Crippen LogP contribution in [0.2, 0.25) is 3.02 Å². The molecule has 0 aromatic heterocycles. The first-order valence-electron chi connectivity index (χ1n) is 1.62. The van der Waals surface area contributed by atoms with Gasteiger partial charge in [0.2, 0.25) is 0 Å². The molecule has 2 nitrogen and oxygen atoms in total. The molecule has 0 atom stereocenters. The van der Waals surface area contributed by atoms with Crippen molar-refractivity contribution in [1.29, 1.82) is 0 Å². The molecular weight excluding hydrogens is 108 g/mol. The van der Waals surface area contributed by atoms with Gasteiger partial charge in [-0.05, 0) is 6.92 Å². The zero-order valence-electron chi connectivity index (χ0n) is 4.02.